The van der Waals surface area contributed by atoms with Crippen LogP contribution in [0.4, 0.5) is 5.69 Å². The van der Waals surface area contributed by atoms with Gasteiger partial charge < -0.3 is 9.88 Å². The van der Waals surface area contributed by atoms with Crippen molar-refractivity contribution < 1.29 is 9.72 Å². The standard InChI is InChI=1S/C21H23N5O3S/c1-14(2)11-17(15-7-5-4-6-8-15)23-20(27)16-9-10-19(18(12-16)26(28)29)30-21-24-22-13-25(21)3/h4-10,12-14,17H,11H2,1-3H3,(H,23,27). The Morgan fingerprint density at radius 2 is 1.97 bits per heavy atom. The molecule has 0 aliphatic heterocycles. The van der Waals surface area contributed by atoms with Gasteiger partial charge in [0.2, 0.25) is 0 Å². The lowest BCUT2D eigenvalue weighted by atomic mass is 9.96. The number of hydrogen-bond acceptors (Lipinski definition) is 6. The van der Waals surface area contributed by atoms with Crippen LogP contribution in [0.3, 0.4) is 0 Å². The predicted molar refractivity (Wildman–Crippen MR) is 114 cm³/mol. The normalized spacial score (nSPS) is 12.0. The molecule has 0 spiro atoms. The van der Waals surface area contributed by atoms with Crippen LogP contribution in [0, 0.1) is 16.0 Å². The molecule has 0 aliphatic rings. The average Bonchev–Trinajstić information content (AvgIpc) is 3.12. The van der Waals surface area contributed by atoms with E-state index in [1.165, 1.54) is 12.4 Å². The van der Waals surface area contributed by atoms with Gasteiger partial charge in [-0.1, -0.05) is 44.2 Å². The molecule has 1 atom stereocenters. The van der Waals surface area contributed by atoms with Gasteiger partial charge in [-0.3, -0.25) is 14.9 Å². The molecular formula is C21H23N5O3S. The molecule has 8 nitrogen and oxygen atoms in total. The van der Waals surface area contributed by atoms with Crippen LogP contribution < -0.4 is 5.32 Å². The number of rotatable bonds is 8. The molecule has 30 heavy (non-hydrogen) atoms. The summed E-state index contributed by atoms with van der Waals surface area (Å²) in [5.41, 5.74) is 1.10. The minimum absolute atomic E-state index is 0.143. The van der Waals surface area contributed by atoms with Crippen LogP contribution in [0.25, 0.3) is 0 Å². The Hall–Kier alpha value is -3.20. The number of hydrogen-bond donors (Lipinski definition) is 1. The molecule has 1 unspecified atom stereocenters. The summed E-state index contributed by atoms with van der Waals surface area (Å²) in [4.78, 5) is 24.4. The molecule has 3 rings (SSSR count). The lowest BCUT2D eigenvalue weighted by Crippen LogP contribution is -2.29. The Bertz CT molecular complexity index is 1040. The van der Waals surface area contributed by atoms with Crippen LogP contribution in [0.5, 0.6) is 0 Å². The quantitative estimate of drug-likeness (QED) is 0.424. The highest BCUT2D eigenvalue weighted by atomic mass is 32.2. The van der Waals surface area contributed by atoms with Crippen LogP contribution in [0.1, 0.15) is 42.2 Å². The second kappa shape index (κ2) is 9.53. The summed E-state index contributed by atoms with van der Waals surface area (Å²) in [5.74, 6) is 0.0258. The Morgan fingerprint density at radius 1 is 1.23 bits per heavy atom. The number of aryl methyl sites for hydroxylation is 1. The number of carbonyl (C=O) groups excluding carboxylic acids is 1. The van der Waals surface area contributed by atoms with E-state index in [1.54, 1.807) is 23.7 Å². The Labute approximate surface area is 178 Å². The molecule has 3 aromatic rings. The molecule has 0 radical (unpaired) electrons. The smallest absolute Gasteiger partial charge is 0.284 e. The summed E-state index contributed by atoms with van der Waals surface area (Å²) in [6, 6.07) is 14.0. The van der Waals surface area contributed by atoms with Gasteiger partial charge in [-0.25, -0.2) is 0 Å². The minimum Gasteiger partial charge on any atom is -0.345 e. The van der Waals surface area contributed by atoms with E-state index in [1.807, 2.05) is 30.3 Å². The zero-order valence-electron chi connectivity index (χ0n) is 17.0. The molecule has 1 aromatic heterocycles. The summed E-state index contributed by atoms with van der Waals surface area (Å²) < 4.78 is 1.67. The zero-order chi connectivity index (χ0) is 21.7. The first kappa shape index (κ1) is 21.5. The number of carbonyl (C=O) groups is 1. The maximum atomic E-state index is 12.9. The van der Waals surface area contributed by atoms with Gasteiger partial charge >= 0.3 is 0 Å². The fourth-order valence-corrected chi connectivity index (χ4v) is 3.88. The molecule has 0 aliphatic carbocycles. The molecule has 0 fully saturated rings. The predicted octanol–water partition coefficient (Wildman–Crippen LogP) is 4.39. The van der Waals surface area contributed by atoms with E-state index in [0.29, 0.717) is 16.0 Å². The molecular weight excluding hydrogens is 402 g/mol. The van der Waals surface area contributed by atoms with Gasteiger partial charge in [-0.2, -0.15) is 0 Å². The fourth-order valence-electron chi connectivity index (χ4n) is 3.03. The van der Waals surface area contributed by atoms with Crippen molar-refractivity contribution >= 4 is 23.4 Å². The number of nitro benzene ring substituents is 1. The van der Waals surface area contributed by atoms with E-state index in [4.69, 9.17) is 0 Å². The van der Waals surface area contributed by atoms with Crippen LogP contribution in [-0.4, -0.2) is 25.6 Å². The van der Waals surface area contributed by atoms with E-state index in [0.717, 1.165) is 23.7 Å². The van der Waals surface area contributed by atoms with Gasteiger partial charge in [-0.15, -0.1) is 10.2 Å². The van der Waals surface area contributed by atoms with Crippen molar-refractivity contribution in [2.45, 2.75) is 36.4 Å². The number of nitrogens with zero attached hydrogens (tertiary/aromatic N) is 4. The molecule has 2 aromatic carbocycles. The maximum absolute atomic E-state index is 12.9. The lowest BCUT2D eigenvalue weighted by molar-refractivity contribution is -0.387. The molecule has 156 valence electrons. The SMILES string of the molecule is CC(C)CC(NC(=O)c1ccc(Sc2nncn2C)c([N+](=O)[O-])c1)c1ccccc1. The molecule has 0 saturated carbocycles. The highest BCUT2D eigenvalue weighted by Crippen LogP contribution is 2.34. The Kier molecular flexibility index (Phi) is 6.83. The van der Waals surface area contributed by atoms with Crippen LogP contribution in [-0.2, 0) is 7.05 Å². The molecule has 1 heterocycles. The first-order valence-electron chi connectivity index (χ1n) is 9.51. The van der Waals surface area contributed by atoms with Gasteiger partial charge in [0.05, 0.1) is 15.9 Å². The zero-order valence-corrected chi connectivity index (χ0v) is 17.8. The number of aromatic nitrogens is 3. The number of nitro groups is 1. The number of benzene rings is 2. The molecule has 0 bridgehead atoms. The first-order valence-corrected chi connectivity index (χ1v) is 10.3. The third-order valence-corrected chi connectivity index (χ3v) is 5.62. The van der Waals surface area contributed by atoms with Crippen LogP contribution >= 0.6 is 11.8 Å². The van der Waals surface area contributed by atoms with Crippen molar-refractivity contribution in [2.75, 3.05) is 0 Å². The van der Waals surface area contributed by atoms with Gasteiger partial charge in [0.1, 0.15) is 6.33 Å². The van der Waals surface area contributed by atoms with E-state index < -0.39 is 4.92 Å². The van der Waals surface area contributed by atoms with Gasteiger partial charge in [0, 0.05) is 18.7 Å². The summed E-state index contributed by atoms with van der Waals surface area (Å²) >= 11 is 1.13. The fraction of sp³-hybridized carbons (Fsp3) is 0.286. The van der Waals surface area contributed by atoms with E-state index in [-0.39, 0.29) is 23.2 Å². The lowest BCUT2D eigenvalue weighted by Gasteiger charge is -2.21. The van der Waals surface area contributed by atoms with Crippen LogP contribution in [0.2, 0.25) is 0 Å². The second-order valence-electron chi connectivity index (χ2n) is 7.33. The highest BCUT2D eigenvalue weighted by molar-refractivity contribution is 7.99. The topological polar surface area (TPSA) is 103 Å². The number of nitrogens with one attached hydrogen (secondary N) is 1. The molecule has 9 heteroatoms. The maximum Gasteiger partial charge on any atom is 0.284 e. The number of amides is 1. The summed E-state index contributed by atoms with van der Waals surface area (Å²) in [6.45, 7) is 4.18. The summed E-state index contributed by atoms with van der Waals surface area (Å²) in [6.07, 6.45) is 2.28. The summed E-state index contributed by atoms with van der Waals surface area (Å²) in [7, 11) is 1.76. The third kappa shape index (κ3) is 5.24. The molecule has 0 saturated heterocycles. The van der Waals surface area contributed by atoms with Crippen molar-refractivity contribution in [3.05, 3.63) is 76.1 Å². The highest BCUT2D eigenvalue weighted by Gasteiger charge is 2.22. The van der Waals surface area contributed by atoms with Gasteiger partial charge in [0.15, 0.2) is 5.16 Å². The van der Waals surface area contributed by atoms with Crippen molar-refractivity contribution in [3.63, 3.8) is 0 Å². The van der Waals surface area contributed by atoms with Crippen molar-refractivity contribution in [1.29, 1.82) is 0 Å². The second-order valence-corrected chi connectivity index (χ2v) is 8.34. The van der Waals surface area contributed by atoms with Crippen molar-refractivity contribution in [3.8, 4) is 0 Å². The van der Waals surface area contributed by atoms with E-state index >= 15 is 0 Å². The van der Waals surface area contributed by atoms with E-state index in [9.17, 15) is 14.9 Å². The van der Waals surface area contributed by atoms with Crippen molar-refractivity contribution in [1.82, 2.24) is 20.1 Å². The van der Waals surface area contributed by atoms with Gasteiger partial charge in [-0.05, 0) is 41.8 Å². The summed E-state index contributed by atoms with van der Waals surface area (Å²) in [5, 5.41) is 22.9. The largest absolute Gasteiger partial charge is 0.345 e. The van der Waals surface area contributed by atoms with Gasteiger partial charge in [0.25, 0.3) is 11.6 Å². The van der Waals surface area contributed by atoms with Crippen molar-refractivity contribution in [2.24, 2.45) is 13.0 Å². The average molecular weight is 426 g/mol. The Balaban J connectivity index is 1.85. The van der Waals surface area contributed by atoms with E-state index in [2.05, 4.69) is 29.4 Å². The Morgan fingerprint density at radius 3 is 2.57 bits per heavy atom. The monoisotopic (exact) mass is 425 g/mol. The first-order chi connectivity index (χ1) is 14.3. The molecule has 1 N–H and O–H groups in total. The molecule has 1 amide bonds. The third-order valence-electron chi connectivity index (χ3n) is 4.50. The van der Waals surface area contributed by atoms with Crippen LogP contribution in [0.15, 0.2) is 64.9 Å². The minimum atomic E-state index is -0.488.